The predicted octanol–water partition coefficient (Wildman–Crippen LogP) is 5.30. The van der Waals surface area contributed by atoms with Crippen molar-refractivity contribution in [2.24, 2.45) is 5.41 Å². The fourth-order valence-electron chi connectivity index (χ4n) is 4.38. The Morgan fingerprint density at radius 3 is 2.55 bits per heavy atom. The Kier molecular flexibility index (Phi) is 5.91. The Balaban J connectivity index is 1.75. The van der Waals surface area contributed by atoms with Crippen molar-refractivity contribution < 1.29 is 14.3 Å². The van der Waals surface area contributed by atoms with E-state index in [1.807, 2.05) is 26.0 Å². The quantitative estimate of drug-likeness (QED) is 0.545. The van der Waals surface area contributed by atoms with Crippen LogP contribution in [0.4, 0.5) is 11.6 Å². The smallest absolute Gasteiger partial charge is 0.356 e. The molecule has 33 heavy (non-hydrogen) atoms. The molecule has 0 bridgehead atoms. The fraction of sp³-hybridized carbons (Fsp3) is 0.423. The van der Waals surface area contributed by atoms with Gasteiger partial charge in [-0.05, 0) is 62.8 Å². The Morgan fingerprint density at radius 2 is 1.88 bits per heavy atom. The van der Waals surface area contributed by atoms with E-state index in [2.05, 4.69) is 29.0 Å². The number of carboxylic acids is 1. The second-order valence-corrected chi connectivity index (χ2v) is 9.85. The highest BCUT2D eigenvalue weighted by molar-refractivity contribution is 5.92. The standard InChI is InChI=1S/C26H31N3O4/c1-15-12-18(17(3)28-20-7-6-16(2)27-23(20)25(31)32)24-19(13-15)21(30)14-22(33-24)29-10-8-26(4,5)9-11-29/h6-7,12-14,17,28H,8-11H2,1-5H3,(H,31,32). The van der Waals surface area contributed by atoms with E-state index < -0.39 is 5.97 Å². The van der Waals surface area contributed by atoms with Crippen molar-refractivity contribution in [2.45, 2.75) is 53.5 Å². The summed E-state index contributed by atoms with van der Waals surface area (Å²) in [6.45, 7) is 11.8. The molecule has 1 fully saturated rings. The molecular weight excluding hydrogens is 418 g/mol. The van der Waals surface area contributed by atoms with E-state index in [0.717, 1.165) is 37.1 Å². The maximum atomic E-state index is 13.0. The molecular formula is C26H31N3O4. The minimum absolute atomic E-state index is 0.0307. The first-order valence-corrected chi connectivity index (χ1v) is 11.3. The number of anilines is 2. The summed E-state index contributed by atoms with van der Waals surface area (Å²) in [7, 11) is 0. The number of hydrogen-bond donors (Lipinski definition) is 2. The van der Waals surface area contributed by atoms with E-state index >= 15 is 0 Å². The first-order valence-electron chi connectivity index (χ1n) is 11.3. The summed E-state index contributed by atoms with van der Waals surface area (Å²) < 4.78 is 6.35. The molecule has 0 aliphatic carbocycles. The predicted molar refractivity (Wildman–Crippen MR) is 130 cm³/mol. The van der Waals surface area contributed by atoms with Gasteiger partial charge in [0.15, 0.2) is 17.0 Å². The fourth-order valence-corrected chi connectivity index (χ4v) is 4.38. The molecule has 7 heteroatoms. The number of nitrogens with zero attached hydrogens (tertiary/aromatic N) is 2. The van der Waals surface area contributed by atoms with Crippen LogP contribution in [0.15, 0.2) is 39.5 Å². The highest BCUT2D eigenvalue weighted by Crippen LogP contribution is 2.34. The Morgan fingerprint density at radius 1 is 1.18 bits per heavy atom. The summed E-state index contributed by atoms with van der Waals surface area (Å²) in [6, 6.07) is 8.59. The lowest BCUT2D eigenvalue weighted by Gasteiger charge is -2.37. The van der Waals surface area contributed by atoms with Gasteiger partial charge in [-0.2, -0.15) is 0 Å². The zero-order valence-electron chi connectivity index (χ0n) is 19.9. The van der Waals surface area contributed by atoms with Gasteiger partial charge in [0, 0.05) is 30.4 Å². The van der Waals surface area contributed by atoms with Gasteiger partial charge in [-0.3, -0.25) is 4.79 Å². The molecule has 1 aliphatic heterocycles. The molecule has 4 rings (SSSR count). The van der Waals surface area contributed by atoms with Crippen LogP contribution in [0.2, 0.25) is 0 Å². The van der Waals surface area contributed by atoms with Crippen LogP contribution in [-0.2, 0) is 0 Å². The van der Waals surface area contributed by atoms with E-state index in [1.54, 1.807) is 25.1 Å². The molecule has 0 radical (unpaired) electrons. The maximum Gasteiger partial charge on any atom is 0.356 e. The normalized spacial score (nSPS) is 16.6. The molecule has 1 unspecified atom stereocenters. The summed E-state index contributed by atoms with van der Waals surface area (Å²) in [4.78, 5) is 31.0. The third-order valence-corrected chi connectivity index (χ3v) is 6.49. The second kappa shape index (κ2) is 8.54. The van der Waals surface area contributed by atoms with Crippen LogP contribution in [0.5, 0.6) is 0 Å². The van der Waals surface area contributed by atoms with Gasteiger partial charge in [0.1, 0.15) is 5.58 Å². The molecule has 1 atom stereocenters. The Hall–Kier alpha value is -3.35. The van der Waals surface area contributed by atoms with Crippen molar-refractivity contribution in [3.05, 3.63) is 63.1 Å². The van der Waals surface area contributed by atoms with E-state index in [4.69, 9.17) is 4.42 Å². The topological polar surface area (TPSA) is 95.7 Å². The number of hydrogen-bond acceptors (Lipinski definition) is 6. The monoisotopic (exact) mass is 449 g/mol. The molecule has 3 heterocycles. The molecule has 0 amide bonds. The van der Waals surface area contributed by atoms with Gasteiger partial charge in [0.2, 0.25) is 0 Å². The SMILES string of the molecule is Cc1cc(C(C)Nc2ccc(C)nc2C(=O)O)c2oc(N3CCC(C)(C)CC3)cc(=O)c2c1. The van der Waals surface area contributed by atoms with Gasteiger partial charge in [0.05, 0.1) is 17.1 Å². The van der Waals surface area contributed by atoms with Crippen LogP contribution in [-0.4, -0.2) is 29.1 Å². The summed E-state index contributed by atoms with van der Waals surface area (Å²) in [5.41, 5.74) is 3.51. The minimum atomic E-state index is -1.09. The molecule has 174 valence electrons. The highest BCUT2D eigenvalue weighted by atomic mass is 16.4. The Bertz CT molecular complexity index is 1270. The number of aryl methyl sites for hydroxylation is 2. The molecule has 1 saturated heterocycles. The van der Waals surface area contributed by atoms with Gasteiger partial charge in [-0.25, -0.2) is 9.78 Å². The molecule has 7 nitrogen and oxygen atoms in total. The van der Waals surface area contributed by atoms with Crippen LogP contribution < -0.4 is 15.6 Å². The largest absolute Gasteiger partial charge is 0.476 e. The van der Waals surface area contributed by atoms with Gasteiger partial charge >= 0.3 is 5.97 Å². The number of aromatic carboxylic acids is 1. The van der Waals surface area contributed by atoms with Gasteiger partial charge < -0.3 is 19.7 Å². The average Bonchev–Trinajstić information content (AvgIpc) is 2.74. The molecule has 3 aromatic rings. The van der Waals surface area contributed by atoms with Crippen LogP contribution >= 0.6 is 0 Å². The van der Waals surface area contributed by atoms with Crippen LogP contribution in [0, 0.1) is 19.3 Å². The van der Waals surface area contributed by atoms with Crippen LogP contribution in [0.3, 0.4) is 0 Å². The summed E-state index contributed by atoms with van der Waals surface area (Å²) in [5, 5.41) is 13.4. The number of pyridine rings is 1. The number of fused-ring (bicyclic) bond motifs is 1. The molecule has 0 spiro atoms. The van der Waals surface area contributed by atoms with Crippen molar-refractivity contribution in [1.29, 1.82) is 0 Å². The third kappa shape index (κ3) is 4.72. The number of aromatic nitrogens is 1. The van der Waals surface area contributed by atoms with Crippen LogP contribution in [0.1, 0.15) is 67.0 Å². The first kappa shape index (κ1) is 22.8. The molecule has 1 aromatic carbocycles. The number of benzene rings is 1. The number of piperidine rings is 1. The highest BCUT2D eigenvalue weighted by Gasteiger charge is 2.27. The van der Waals surface area contributed by atoms with Gasteiger partial charge in [-0.15, -0.1) is 0 Å². The maximum absolute atomic E-state index is 13.0. The van der Waals surface area contributed by atoms with E-state index in [1.165, 1.54) is 0 Å². The number of carboxylic acid groups (broad SMARTS) is 1. The van der Waals surface area contributed by atoms with Crippen LogP contribution in [0.25, 0.3) is 11.0 Å². The lowest BCUT2D eigenvalue weighted by atomic mass is 9.83. The lowest BCUT2D eigenvalue weighted by molar-refractivity contribution is 0.0691. The number of nitrogens with one attached hydrogen (secondary N) is 1. The third-order valence-electron chi connectivity index (χ3n) is 6.49. The van der Waals surface area contributed by atoms with E-state index in [9.17, 15) is 14.7 Å². The van der Waals surface area contributed by atoms with E-state index in [0.29, 0.717) is 28.2 Å². The van der Waals surface area contributed by atoms with Crippen molar-refractivity contribution in [2.75, 3.05) is 23.3 Å². The van der Waals surface area contributed by atoms with Crippen molar-refractivity contribution >= 4 is 28.5 Å². The summed E-state index contributed by atoms with van der Waals surface area (Å²) in [5.74, 6) is -0.507. The van der Waals surface area contributed by atoms with Crippen molar-refractivity contribution in [1.82, 2.24) is 4.98 Å². The molecule has 2 N–H and O–H groups in total. The first-order chi connectivity index (χ1) is 15.5. The van der Waals surface area contributed by atoms with Crippen molar-refractivity contribution in [3.63, 3.8) is 0 Å². The molecule has 2 aromatic heterocycles. The summed E-state index contributed by atoms with van der Waals surface area (Å²) >= 11 is 0. The zero-order chi connectivity index (χ0) is 23.9. The van der Waals surface area contributed by atoms with E-state index in [-0.39, 0.29) is 22.6 Å². The Labute approximate surface area is 193 Å². The molecule has 1 aliphatic rings. The minimum Gasteiger partial charge on any atom is -0.476 e. The number of rotatable bonds is 5. The van der Waals surface area contributed by atoms with Crippen molar-refractivity contribution in [3.8, 4) is 0 Å². The molecule has 0 saturated carbocycles. The van der Waals surface area contributed by atoms with Gasteiger partial charge in [-0.1, -0.05) is 19.9 Å². The summed E-state index contributed by atoms with van der Waals surface area (Å²) in [6.07, 6.45) is 2.07. The zero-order valence-corrected chi connectivity index (χ0v) is 19.9. The second-order valence-electron chi connectivity index (χ2n) is 9.85. The average molecular weight is 450 g/mol. The van der Waals surface area contributed by atoms with Gasteiger partial charge in [0.25, 0.3) is 0 Å². The lowest BCUT2D eigenvalue weighted by Crippen LogP contribution is -2.37. The number of carbonyl (C=O) groups is 1.